The van der Waals surface area contributed by atoms with Gasteiger partial charge in [0, 0.05) is 23.6 Å². The van der Waals surface area contributed by atoms with Crippen molar-refractivity contribution in [2.75, 3.05) is 13.1 Å². The summed E-state index contributed by atoms with van der Waals surface area (Å²) in [6, 6.07) is 4.65. The lowest BCUT2D eigenvalue weighted by Crippen LogP contribution is -2.33. The van der Waals surface area contributed by atoms with Crippen molar-refractivity contribution in [1.82, 2.24) is 4.90 Å². The molecule has 0 radical (unpaired) electrons. The lowest BCUT2D eigenvalue weighted by Gasteiger charge is -2.19. The standard InChI is InChI=1S/C14H16BrFN2O.ClH/c15-9-2-3-12(16)10(5-9)14(19)18-6-8-1-4-13(17)11(8)7-18;/h2-3,5,8,11,13H,1,4,6-7,17H2;1H. The van der Waals surface area contributed by atoms with Gasteiger partial charge < -0.3 is 10.6 Å². The van der Waals surface area contributed by atoms with Crippen LogP contribution in [0.2, 0.25) is 0 Å². The highest BCUT2D eigenvalue weighted by Crippen LogP contribution is 2.37. The molecule has 1 aromatic carbocycles. The molecule has 1 amide bonds. The van der Waals surface area contributed by atoms with Gasteiger partial charge in [0.1, 0.15) is 5.82 Å². The van der Waals surface area contributed by atoms with Crippen LogP contribution in [0.4, 0.5) is 4.39 Å². The summed E-state index contributed by atoms with van der Waals surface area (Å²) >= 11 is 3.27. The van der Waals surface area contributed by atoms with Crippen LogP contribution in [-0.2, 0) is 0 Å². The molecule has 3 unspecified atom stereocenters. The third kappa shape index (κ3) is 2.71. The number of halogens is 3. The van der Waals surface area contributed by atoms with Crippen molar-refractivity contribution in [2.24, 2.45) is 17.6 Å². The van der Waals surface area contributed by atoms with Gasteiger partial charge in [-0.1, -0.05) is 15.9 Å². The summed E-state index contributed by atoms with van der Waals surface area (Å²) in [5, 5.41) is 0. The predicted molar refractivity (Wildman–Crippen MR) is 81.4 cm³/mol. The first kappa shape index (κ1) is 15.7. The van der Waals surface area contributed by atoms with E-state index in [1.54, 1.807) is 17.0 Å². The summed E-state index contributed by atoms with van der Waals surface area (Å²) in [7, 11) is 0. The van der Waals surface area contributed by atoms with Gasteiger partial charge in [-0.3, -0.25) is 4.79 Å². The van der Waals surface area contributed by atoms with E-state index in [0.717, 1.165) is 12.8 Å². The predicted octanol–water partition coefficient (Wildman–Crippen LogP) is 2.82. The van der Waals surface area contributed by atoms with Gasteiger partial charge in [-0.15, -0.1) is 12.4 Å². The fourth-order valence-corrected chi connectivity index (χ4v) is 3.67. The summed E-state index contributed by atoms with van der Waals surface area (Å²) in [5.41, 5.74) is 6.20. The van der Waals surface area contributed by atoms with Crippen LogP contribution in [0.5, 0.6) is 0 Å². The second-order valence-corrected chi connectivity index (χ2v) is 6.42. The SMILES string of the molecule is Cl.NC1CCC2CN(C(=O)c3cc(Br)ccc3F)CC12. The number of likely N-dealkylation sites (tertiary alicyclic amines) is 1. The van der Waals surface area contributed by atoms with Crippen LogP contribution in [0.1, 0.15) is 23.2 Å². The highest BCUT2D eigenvalue weighted by molar-refractivity contribution is 9.10. The maximum Gasteiger partial charge on any atom is 0.256 e. The Kier molecular flexibility index (Phi) is 4.72. The van der Waals surface area contributed by atoms with Crippen LogP contribution in [0, 0.1) is 17.7 Å². The average molecular weight is 364 g/mol. The molecule has 3 atom stereocenters. The van der Waals surface area contributed by atoms with E-state index >= 15 is 0 Å². The second-order valence-electron chi connectivity index (χ2n) is 5.50. The summed E-state index contributed by atoms with van der Waals surface area (Å²) in [6.07, 6.45) is 2.12. The normalized spacial score (nSPS) is 28.1. The van der Waals surface area contributed by atoms with E-state index in [9.17, 15) is 9.18 Å². The third-order valence-electron chi connectivity index (χ3n) is 4.36. The maximum absolute atomic E-state index is 13.7. The molecule has 20 heavy (non-hydrogen) atoms. The monoisotopic (exact) mass is 362 g/mol. The molecule has 2 fully saturated rings. The zero-order chi connectivity index (χ0) is 13.6. The van der Waals surface area contributed by atoms with E-state index < -0.39 is 5.82 Å². The lowest BCUT2D eigenvalue weighted by molar-refractivity contribution is 0.0775. The number of fused-ring (bicyclic) bond motifs is 1. The zero-order valence-corrected chi connectivity index (χ0v) is 13.3. The fraction of sp³-hybridized carbons (Fsp3) is 0.500. The molecule has 1 saturated heterocycles. The van der Waals surface area contributed by atoms with Crippen molar-refractivity contribution in [1.29, 1.82) is 0 Å². The van der Waals surface area contributed by atoms with E-state index in [1.807, 2.05) is 0 Å². The molecule has 0 spiro atoms. The molecule has 3 nitrogen and oxygen atoms in total. The minimum Gasteiger partial charge on any atom is -0.338 e. The Morgan fingerprint density at radius 3 is 2.80 bits per heavy atom. The smallest absolute Gasteiger partial charge is 0.256 e. The Morgan fingerprint density at radius 1 is 1.35 bits per heavy atom. The first-order valence-electron chi connectivity index (χ1n) is 6.56. The third-order valence-corrected chi connectivity index (χ3v) is 4.85. The number of hydrogen-bond acceptors (Lipinski definition) is 2. The number of carbonyl (C=O) groups is 1. The van der Waals surface area contributed by atoms with Gasteiger partial charge in [-0.25, -0.2) is 4.39 Å². The number of benzene rings is 1. The highest BCUT2D eigenvalue weighted by atomic mass is 79.9. The molecule has 1 heterocycles. The van der Waals surface area contributed by atoms with Crippen molar-refractivity contribution in [3.63, 3.8) is 0 Å². The van der Waals surface area contributed by atoms with E-state index in [2.05, 4.69) is 15.9 Å². The fourth-order valence-electron chi connectivity index (χ4n) is 3.31. The minimum absolute atomic E-state index is 0. The molecule has 1 aliphatic heterocycles. The Bertz CT molecular complexity index is 528. The van der Waals surface area contributed by atoms with E-state index in [4.69, 9.17) is 5.73 Å². The first-order chi connectivity index (χ1) is 9.06. The molecule has 2 N–H and O–H groups in total. The Balaban J connectivity index is 0.00000147. The molecule has 2 aliphatic rings. The van der Waals surface area contributed by atoms with E-state index in [-0.39, 0.29) is 29.9 Å². The molecular weight excluding hydrogens is 347 g/mol. The van der Waals surface area contributed by atoms with E-state index in [1.165, 1.54) is 6.07 Å². The maximum atomic E-state index is 13.7. The van der Waals surface area contributed by atoms with Crippen LogP contribution in [0.3, 0.4) is 0 Å². The van der Waals surface area contributed by atoms with Crippen LogP contribution < -0.4 is 5.73 Å². The van der Waals surface area contributed by atoms with Crippen LogP contribution in [0.15, 0.2) is 22.7 Å². The van der Waals surface area contributed by atoms with Crippen LogP contribution in [-0.4, -0.2) is 29.9 Å². The van der Waals surface area contributed by atoms with Gasteiger partial charge in [0.25, 0.3) is 5.91 Å². The number of nitrogens with two attached hydrogens (primary N) is 1. The molecular formula is C14H17BrClFN2O. The summed E-state index contributed by atoms with van der Waals surface area (Å²) in [5.74, 6) is 0.197. The van der Waals surface area contributed by atoms with Gasteiger partial charge in [0.2, 0.25) is 0 Å². The van der Waals surface area contributed by atoms with Crippen molar-refractivity contribution >= 4 is 34.2 Å². The number of carbonyl (C=O) groups excluding carboxylic acids is 1. The molecule has 3 rings (SSSR count). The number of rotatable bonds is 1. The molecule has 110 valence electrons. The minimum atomic E-state index is -0.463. The molecule has 0 bridgehead atoms. The van der Waals surface area contributed by atoms with Gasteiger partial charge in [-0.05, 0) is 42.9 Å². The molecule has 1 aliphatic carbocycles. The van der Waals surface area contributed by atoms with Crippen molar-refractivity contribution < 1.29 is 9.18 Å². The van der Waals surface area contributed by atoms with Crippen LogP contribution >= 0.6 is 28.3 Å². The summed E-state index contributed by atoms with van der Waals surface area (Å²) < 4.78 is 14.5. The summed E-state index contributed by atoms with van der Waals surface area (Å²) in [6.45, 7) is 1.37. The average Bonchev–Trinajstić information content (AvgIpc) is 2.94. The number of hydrogen-bond donors (Lipinski definition) is 1. The molecule has 0 aromatic heterocycles. The number of nitrogens with zero attached hydrogens (tertiary/aromatic N) is 1. The van der Waals surface area contributed by atoms with Crippen molar-refractivity contribution in [2.45, 2.75) is 18.9 Å². The van der Waals surface area contributed by atoms with Crippen molar-refractivity contribution in [3.05, 3.63) is 34.1 Å². The Labute approximate surface area is 132 Å². The molecule has 6 heteroatoms. The van der Waals surface area contributed by atoms with Gasteiger partial charge in [0.15, 0.2) is 0 Å². The first-order valence-corrected chi connectivity index (χ1v) is 7.35. The van der Waals surface area contributed by atoms with Gasteiger partial charge >= 0.3 is 0 Å². The summed E-state index contributed by atoms with van der Waals surface area (Å²) in [4.78, 5) is 14.1. The largest absolute Gasteiger partial charge is 0.338 e. The highest BCUT2D eigenvalue weighted by Gasteiger charge is 2.42. The molecule has 1 saturated carbocycles. The van der Waals surface area contributed by atoms with Gasteiger partial charge in [0.05, 0.1) is 5.56 Å². The lowest BCUT2D eigenvalue weighted by atomic mass is 9.98. The zero-order valence-electron chi connectivity index (χ0n) is 10.9. The van der Waals surface area contributed by atoms with Crippen molar-refractivity contribution in [3.8, 4) is 0 Å². The quantitative estimate of drug-likeness (QED) is 0.834. The van der Waals surface area contributed by atoms with Crippen LogP contribution in [0.25, 0.3) is 0 Å². The molecule has 1 aromatic rings. The van der Waals surface area contributed by atoms with E-state index in [0.29, 0.717) is 29.4 Å². The topological polar surface area (TPSA) is 46.3 Å². The number of amides is 1. The Morgan fingerprint density at radius 2 is 2.10 bits per heavy atom. The Hall–Kier alpha value is -0.650. The second kappa shape index (κ2) is 6.00. The van der Waals surface area contributed by atoms with Gasteiger partial charge in [-0.2, -0.15) is 0 Å².